The second-order valence-corrected chi connectivity index (χ2v) is 9.48. The SMILES string of the molecule is COC(=O)c1cccn2c(C34CCC(c5nc(-c6ccc(C)cc6)no5)(CC3)CC4)nnc12. The standard InChI is InChI=1S/C25H25N5O3/c1-16-5-7-17(8-6-16)19-26-23(33-29-19)25-12-9-24(10-13-25,11-14-25)22-28-27-20-18(21(31)32-2)4-3-15-30(20)22/h3-8,15H,9-14H2,1-2H3. The number of carbonyl (C=O) groups is 1. The van der Waals surface area contributed by atoms with Crippen LogP contribution in [0.1, 0.15) is 66.2 Å². The van der Waals surface area contributed by atoms with Crippen molar-refractivity contribution in [3.8, 4) is 11.4 Å². The highest BCUT2D eigenvalue weighted by atomic mass is 16.5. The van der Waals surface area contributed by atoms with E-state index in [9.17, 15) is 4.79 Å². The Morgan fingerprint density at radius 2 is 1.70 bits per heavy atom. The van der Waals surface area contributed by atoms with Gasteiger partial charge >= 0.3 is 5.97 Å². The molecular formula is C25H25N5O3. The van der Waals surface area contributed by atoms with Gasteiger partial charge in [0.2, 0.25) is 11.7 Å². The number of pyridine rings is 1. The van der Waals surface area contributed by atoms with E-state index in [0.29, 0.717) is 17.0 Å². The Bertz CT molecular complexity index is 1330. The fourth-order valence-electron chi connectivity index (χ4n) is 5.65. The molecule has 2 bridgehead atoms. The molecule has 3 heterocycles. The van der Waals surface area contributed by atoms with Crippen LogP contribution in [0.25, 0.3) is 17.0 Å². The lowest BCUT2D eigenvalue weighted by atomic mass is 9.53. The maximum Gasteiger partial charge on any atom is 0.341 e. The zero-order chi connectivity index (χ0) is 22.6. The molecule has 3 fully saturated rings. The van der Waals surface area contributed by atoms with Crippen molar-refractivity contribution < 1.29 is 14.1 Å². The van der Waals surface area contributed by atoms with Crippen LogP contribution in [0.4, 0.5) is 0 Å². The molecule has 0 amide bonds. The third-order valence-corrected chi connectivity index (χ3v) is 7.75. The van der Waals surface area contributed by atoms with Gasteiger partial charge in [0.25, 0.3) is 0 Å². The summed E-state index contributed by atoms with van der Waals surface area (Å²) in [6.45, 7) is 2.07. The second-order valence-electron chi connectivity index (χ2n) is 9.48. The molecule has 0 N–H and O–H groups in total. The predicted molar refractivity (Wildman–Crippen MR) is 120 cm³/mol. The van der Waals surface area contributed by atoms with Crippen molar-refractivity contribution in [2.45, 2.75) is 56.3 Å². The summed E-state index contributed by atoms with van der Waals surface area (Å²) in [4.78, 5) is 17.0. The van der Waals surface area contributed by atoms with Crippen LogP contribution >= 0.6 is 0 Å². The van der Waals surface area contributed by atoms with Gasteiger partial charge in [-0.25, -0.2) is 4.79 Å². The molecule has 8 nitrogen and oxygen atoms in total. The van der Waals surface area contributed by atoms with Gasteiger partial charge in [-0.15, -0.1) is 10.2 Å². The minimum Gasteiger partial charge on any atom is -0.465 e. The van der Waals surface area contributed by atoms with Crippen LogP contribution in [-0.4, -0.2) is 37.8 Å². The fourth-order valence-corrected chi connectivity index (χ4v) is 5.65. The molecule has 0 spiro atoms. The molecule has 8 heteroatoms. The number of methoxy groups -OCH3 is 1. The van der Waals surface area contributed by atoms with E-state index in [1.807, 2.05) is 28.8 Å². The molecule has 0 aliphatic heterocycles. The van der Waals surface area contributed by atoms with Crippen molar-refractivity contribution >= 4 is 11.6 Å². The van der Waals surface area contributed by atoms with E-state index in [2.05, 4.69) is 34.4 Å². The van der Waals surface area contributed by atoms with Crippen molar-refractivity contribution in [1.82, 2.24) is 24.7 Å². The van der Waals surface area contributed by atoms with Crippen molar-refractivity contribution in [2.75, 3.05) is 7.11 Å². The Hall–Kier alpha value is -3.55. The van der Waals surface area contributed by atoms with E-state index in [1.165, 1.54) is 12.7 Å². The molecule has 0 saturated heterocycles. The van der Waals surface area contributed by atoms with E-state index in [0.717, 1.165) is 55.8 Å². The maximum atomic E-state index is 12.2. The first kappa shape index (κ1) is 20.1. The summed E-state index contributed by atoms with van der Waals surface area (Å²) < 4.78 is 12.7. The summed E-state index contributed by atoms with van der Waals surface area (Å²) in [6.07, 6.45) is 7.75. The zero-order valence-corrected chi connectivity index (χ0v) is 18.7. The lowest BCUT2D eigenvalue weighted by Gasteiger charge is -2.50. The van der Waals surface area contributed by atoms with Gasteiger partial charge < -0.3 is 9.26 Å². The Balaban J connectivity index is 1.29. The quantitative estimate of drug-likeness (QED) is 0.431. The number of aromatic nitrogens is 5. The van der Waals surface area contributed by atoms with Crippen LogP contribution in [0.5, 0.6) is 0 Å². The average molecular weight is 444 g/mol. The minimum absolute atomic E-state index is 0.0598. The number of rotatable bonds is 4. The highest BCUT2D eigenvalue weighted by Gasteiger charge is 2.54. The van der Waals surface area contributed by atoms with Crippen molar-refractivity contribution in [3.63, 3.8) is 0 Å². The van der Waals surface area contributed by atoms with E-state index in [-0.39, 0.29) is 10.8 Å². The van der Waals surface area contributed by atoms with Gasteiger partial charge in [0.15, 0.2) is 5.65 Å². The number of benzene rings is 1. The summed E-state index contributed by atoms with van der Waals surface area (Å²) >= 11 is 0. The number of hydrogen-bond acceptors (Lipinski definition) is 7. The van der Waals surface area contributed by atoms with E-state index in [4.69, 9.17) is 14.2 Å². The van der Waals surface area contributed by atoms with Gasteiger partial charge in [0, 0.05) is 22.6 Å². The normalized spacial score (nSPS) is 24.3. The van der Waals surface area contributed by atoms with Crippen molar-refractivity contribution in [1.29, 1.82) is 0 Å². The number of hydrogen-bond donors (Lipinski definition) is 0. The smallest absolute Gasteiger partial charge is 0.341 e. The highest BCUT2D eigenvalue weighted by Crippen LogP contribution is 2.58. The van der Waals surface area contributed by atoms with Crippen LogP contribution in [0.15, 0.2) is 47.1 Å². The fraction of sp³-hybridized carbons (Fsp3) is 0.400. The molecule has 168 valence electrons. The van der Waals surface area contributed by atoms with Gasteiger partial charge in [-0.05, 0) is 57.6 Å². The predicted octanol–water partition coefficient (Wildman–Crippen LogP) is 4.42. The molecule has 3 saturated carbocycles. The lowest BCUT2D eigenvalue weighted by molar-refractivity contribution is 0.0602. The number of fused-ring (bicyclic) bond motifs is 4. The van der Waals surface area contributed by atoms with Crippen LogP contribution in [-0.2, 0) is 15.6 Å². The Morgan fingerprint density at radius 1 is 1.00 bits per heavy atom. The average Bonchev–Trinajstić information content (AvgIpc) is 3.54. The summed E-state index contributed by atoms with van der Waals surface area (Å²) in [7, 11) is 1.38. The molecule has 1 aromatic carbocycles. The Kier molecular flexibility index (Phi) is 4.40. The van der Waals surface area contributed by atoms with Gasteiger partial charge in [0.05, 0.1) is 7.11 Å². The molecule has 33 heavy (non-hydrogen) atoms. The molecule has 7 rings (SSSR count). The first-order chi connectivity index (χ1) is 16.0. The molecule has 0 atom stereocenters. The lowest BCUT2D eigenvalue weighted by Crippen LogP contribution is -2.47. The number of esters is 1. The first-order valence-electron chi connectivity index (χ1n) is 11.4. The Morgan fingerprint density at radius 3 is 2.39 bits per heavy atom. The topological polar surface area (TPSA) is 95.4 Å². The van der Waals surface area contributed by atoms with Gasteiger partial charge in [-0.2, -0.15) is 4.98 Å². The van der Waals surface area contributed by atoms with Crippen LogP contribution in [0, 0.1) is 6.92 Å². The molecule has 3 aromatic heterocycles. The van der Waals surface area contributed by atoms with E-state index < -0.39 is 5.97 Å². The van der Waals surface area contributed by atoms with Gasteiger partial charge in [-0.3, -0.25) is 4.40 Å². The summed E-state index contributed by atoms with van der Waals surface area (Å²) in [6, 6.07) is 11.8. The monoisotopic (exact) mass is 443 g/mol. The first-order valence-corrected chi connectivity index (χ1v) is 11.4. The molecule has 3 aliphatic rings. The number of ether oxygens (including phenoxy) is 1. The van der Waals surface area contributed by atoms with Crippen LogP contribution in [0.2, 0.25) is 0 Å². The molecule has 0 radical (unpaired) electrons. The molecular weight excluding hydrogens is 418 g/mol. The van der Waals surface area contributed by atoms with Crippen LogP contribution in [0.3, 0.4) is 0 Å². The van der Waals surface area contributed by atoms with Gasteiger partial charge in [0.1, 0.15) is 11.4 Å². The molecule has 0 unspecified atom stereocenters. The summed E-state index contributed by atoms with van der Waals surface area (Å²) in [5, 5.41) is 13.2. The maximum absolute atomic E-state index is 12.2. The van der Waals surface area contributed by atoms with Crippen molar-refractivity contribution in [2.24, 2.45) is 0 Å². The van der Waals surface area contributed by atoms with E-state index >= 15 is 0 Å². The highest BCUT2D eigenvalue weighted by molar-refractivity contribution is 5.95. The van der Waals surface area contributed by atoms with Crippen LogP contribution < -0.4 is 0 Å². The molecule has 4 aromatic rings. The Labute approximate surface area is 191 Å². The summed E-state index contributed by atoms with van der Waals surface area (Å²) in [5.74, 6) is 1.94. The zero-order valence-electron chi connectivity index (χ0n) is 18.7. The molecule has 3 aliphatic carbocycles. The number of carbonyl (C=O) groups excluding carboxylic acids is 1. The third-order valence-electron chi connectivity index (χ3n) is 7.75. The van der Waals surface area contributed by atoms with Crippen molar-refractivity contribution in [3.05, 3.63) is 65.4 Å². The third kappa shape index (κ3) is 3.00. The van der Waals surface area contributed by atoms with Gasteiger partial charge in [-0.1, -0.05) is 35.0 Å². The van der Waals surface area contributed by atoms with E-state index in [1.54, 1.807) is 6.07 Å². The largest absolute Gasteiger partial charge is 0.465 e. The summed E-state index contributed by atoms with van der Waals surface area (Å²) in [5.41, 5.74) is 3.04. The number of aryl methyl sites for hydroxylation is 1. The number of nitrogens with zero attached hydrogens (tertiary/aromatic N) is 5. The minimum atomic E-state index is -0.399. The second kappa shape index (κ2) is 7.23.